The Labute approximate surface area is 494 Å². The van der Waals surface area contributed by atoms with E-state index in [9.17, 15) is 14.9 Å². The quantitative estimate of drug-likeness (QED) is 0.0332. The number of nitrogens with zero attached hydrogens (tertiary/aromatic N) is 3. The Morgan fingerprint density at radius 2 is 1.09 bits per heavy atom. The molecular weight excluding hydrogens is 1120 g/mol. The van der Waals surface area contributed by atoms with Gasteiger partial charge in [0.1, 0.15) is 55.2 Å². The molecule has 1 saturated heterocycles. The number of hydrogen-bond donors (Lipinski definition) is 1. The number of nitrogens with one attached hydrogen (secondary N) is 1. The van der Waals surface area contributed by atoms with E-state index in [1.165, 1.54) is 33.4 Å². The third kappa shape index (κ3) is 18.5. The first-order chi connectivity index (χ1) is 39.3. The van der Waals surface area contributed by atoms with E-state index < -0.39 is 0 Å². The third-order valence-electron chi connectivity index (χ3n) is 14.1. The van der Waals surface area contributed by atoms with Crippen LogP contribution in [0.1, 0.15) is 86.1 Å². The van der Waals surface area contributed by atoms with Gasteiger partial charge in [0.05, 0.1) is 42.0 Å². The molecular formula is C69H68IN4O7-. The van der Waals surface area contributed by atoms with Gasteiger partial charge in [-0.3, -0.25) is 14.5 Å². The maximum atomic E-state index is 12.4. The monoisotopic (exact) mass is 1190 g/mol. The van der Waals surface area contributed by atoms with E-state index in [0.29, 0.717) is 73.2 Å². The van der Waals surface area contributed by atoms with Gasteiger partial charge < -0.3 is 53.0 Å². The number of Topliss-reactive ketones (excluding diaryl/α,β-unsaturated/α-hetero) is 1. The lowest BCUT2D eigenvalue weighted by Gasteiger charge is -2.26. The summed E-state index contributed by atoms with van der Waals surface area (Å²) >= 11 is 0. The summed E-state index contributed by atoms with van der Waals surface area (Å²) in [6.07, 6.45) is 3.71. The molecule has 0 amide bonds. The molecule has 0 spiro atoms. The van der Waals surface area contributed by atoms with Crippen molar-refractivity contribution in [2.75, 3.05) is 39.4 Å². The minimum Gasteiger partial charge on any atom is -1.00 e. The molecule has 1 aliphatic heterocycles. The molecule has 9 rings (SSSR count). The van der Waals surface area contributed by atoms with Crippen molar-refractivity contribution in [2.24, 2.45) is 0 Å². The maximum Gasteiger partial charge on any atom is 0.153 e. The van der Waals surface area contributed by atoms with Gasteiger partial charge in [0.2, 0.25) is 0 Å². The van der Waals surface area contributed by atoms with Crippen molar-refractivity contribution in [3.63, 3.8) is 0 Å². The number of hydrogen-bond acceptors (Lipinski definition) is 11. The first kappa shape index (κ1) is 60.5. The van der Waals surface area contributed by atoms with Crippen LogP contribution < -0.4 is 48.2 Å². The number of nitriles is 2. The van der Waals surface area contributed by atoms with Crippen LogP contribution in [0.2, 0.25) is 0 Å². The van der Waals surface area contributed by atoms with Crippen LogP contribution in [0.5, 0.6) is 23.0 Å². The van der Waals surface area contributed by atoms with E-state index in [0.717, 1.165) is 97.8 Å². The van der Waals surface area contributed by atoms with Gasteiger partial charge in [-0.15, -0.1) is 0 Å². The van der Waals surface area contributed by atoms with E-state index in [2.05, 4.69) is 103 Å². The molecule has 8 aromatic carbocycles. The Bertz CT molecular complexity index is 3390. The Hall–Kier alpha value is -8.11. The van der Waals surface area contributed by atoms with Crippen LogP contribution >= 0.6 is 0 Å². The van der Waals surface area contributed by atoms with Crippen LogP contribution in [0.15, 0.2) is 182 Å². The van der Waals surface area contributed by atoms with Gasteiger partial charge in [-0.1, -0.05) is 127 Å². The van der Waals surface area contributed by atoms with Crippen LogP contribution in [0.25, 0.3) is 22.3 Å². The highest BCUT2D eigenvalue weighted by Crippen LogP contribution is 2.31. The molecule has 0 aromatic heterocycles. The van der Waals surface area contributed by atoms with E-state index in [1.807, 2.05) is 78.9 Å². The normalized spacial score (nSPS) is 11.9. The number of morpholine rings is 1. The first-order valence-corrected chi connectivity index (χ1v) is 27.3. The van der Waals surface area contributed by atoms with E-state index in [1.54, 1.807) is 36.4 Å². The van der Waals surface area contributed by atoms with Crippen molar-refractivity contribution in [2.45, 2.75) is 72.5 Å². The summed E-state index contributed by atoms with van der Waals surface area (Å²) in [4.78, 5) is 26.3. The summed E-state index contributed by atoms with van der Waals surface area (Å²) in [6.45, 7) is 11.5. The summed E-state index contributed by atoms with van der Waals surface area (Å²) in [6, 6.07) is 63.3. The third-order valence-corrected chi connectivity index (χ3v) is 14.1. The highest BCUT2D eigenvalue weighted by atomic mass is 127. The first-order valence-electron chi connectivity index (χ1n) is 27.3. The fourth-order valence-corrected chi connectivity index (χ4v) is 9.46. The molecule has 1 fully saturated rings. The molecule has 0 bridgehead atoms. The molecule has 414 valence electrons. The summed E-state index contributed by atoms with van der Waals surface area (Å²) in [7, 11) is 0. The lowest BCUT2D eigenvalue weighted by molar-refractivity contribution is -0.119. The SMILES string of the molecule is Cc1c(COc2ccc(C=O)c(OCc3cccc(C#N)c3)c2)cccc1-c1ccccc1.Cc1c(COc2ccc(CNCCCC(=O)CCCN3CCOCC3)c(OCc3cccc(C#N)c3)c2)cccc1-c1ccccc1.[I-]. The lowest BCUT2D eigenvalue weighted by Crippen LogP contribution is -3.00. The molecule has 0 radical (unpaired) electrons. The number of rotatable bonds is 25. The summed E-state index contributed by atoms with van der Waals surface area (Å²) in [5.41, 5.74) is 13.7. The number of carbonyl (C=O) groups excluding carboxylic acids is 2. The van der Waals surface area contributed by atoms with Gasteiger partial charge in [-0.25, -0.2) is 0 Å². The molecule has 81 heavy (non-hydrogen) atoms. The second kappa shape index (κ2) is 32.2. The second-order valence-electron chi connectivity index (χ2n) is 19.7. The van der Waals surface area contributed by atoms with Gasteiger partial charge in [0.25, 0.3) is 0 Å². The van der Waals surface area contributed by atoms with Gasteiger partial charge in [0, 0.05) is 50.2 Å². The number of aldehydes is 1. The highest BCUT2D eigenvalue weighted by Gasteiger charge is 2.14. The number of halogens is 1. The van der Waals surface area contributed by atoms with Crippen molar-refractivity contribution in [1.82, 2.24) is 10.2 Å². The minimum atomic E-state index is 0. The minimum absolute atomic E-state index is 0. The maximum absolute atomic E-state index is 12.4. The number of ketones is 1. The number of ether oxygens (including phenoxy) is 5. The molecule has 1 heterocycles. The fraction of sp³-hybridized carbons (Fsp3) is 0.246. The zero-order valence-electron chi connectivity index (χ0n) is 46.1. The topological polar surface area (TPSA) is 143 Å². The molecule has 1 aliphatic rings. The fourth-order valence-electron chi connectivity index (χ4n) is 9.46. The average Bonchev–Trinajstić information content (AvgIpc) is 3.57. The Morgan fingerprint density at radius 1 is 0.568 bits per heavy atom. The lowest BCUT2D eigenvalue weighted by atomic mass is 9.97. The van der Waals surface area contributed by atoms with Crippen molar-refractivity contribution >= 4 is 12.1 Å². The van der Waals surface area contributed by atoms with Crippen molar-refractivity contribution in [3.8, 4) is 57.4 Å². The second-order valence-corrected chi connectivity index (χ2v) is 19.7. The van der Waals surface area contributed by atoms with Gasteiger partial charge >= 0.3 is 0 Å². The van der Waals surface area contributed by atoms with Gasteiger partial charge in [0.15, 0.2) is 6.29 Å². The standard InChI is InChI=1S/C40H45N3O4.C29H23NO3.HI/c1-31-36(13-6-16-39(31)34-11-3-2-4-12-34)30-46-38-18-17-35(40(26-38)47-29-33-10-5-9-32(25-33)27-41)28-42-19-7-14-37(44)15-8-20-43-21-23-45-24-22-43;1-21-26(11-6-12-28(21)24-9-3-2-4-10-24)20-32-27-14-13-25(18-31)29(16-27)33-19-23-8-5-7-22(15-23)17-30;/h2-6,9-13,16-18,25-26,42H,7-8,14-15,19-24,28-30H2,1H3;2-16,18H,19-20H2,1H3;1H/p-1. The molecule has 0 atom stereocenters. The van der Waals surface area contributed by atoms with Crippen molar-refractivity contribution in [3.05, 3.63) is 238 Å². The molecule has 0 unspecified atom stereocenters. The largest absolute Gasteiger partial charge is 1.00 e. The van der Waals surface area contributed by atoms with Crippen molar-refractivity contribution < 1.29 is 57.3 Å². The Morgan fingerprint density at radius 3 is 1.64 bits per heavy atom. The average molecular weight is 1190 g/mol. The molecule has 12 heteroatoms. The van der Waals surface area contributed by atoms with Crippen LogP contribution in [0.4, 0.5) is 0 Å². The molecule has 0 saturated carbocycles. The Kier molecular flexibility index (Phi) is 24.1. The van der Waals surface area contributed by atoms with Crippen LogP contribution in [-0.4, -0.2) is 56.4 Å². The molecule has 0 aliphatic carbocycles. The van der Waals surface area contributed by atoms with E-state index in [-0.39, 0.29) is 30.6 Å². The van der Waals surface area contributed by atoms with Crippen LogP contribution in [-0.2, 0) is 42.5 Å². The number of benzene rings is 8. The van der Waals surface area contributed by atoms with Crippen LogP contribution in [0, 0.1) is 36.5 Å². The smallest absolute Gasteiger partial charge is 0.153 e. The summed E-state index contributed by atoms with van der Waals surface area (Å²) < 4.78 is 29.9. The zero-order valence-corrected chi connectivity index (χ0v) is 48.2. The summed E-state index contributed by atoms with van der Waals surface area (Å²) in [5.74, 6) is 2.84. The predicted octanol–water partition coefficient (Wildman–Crippen LogP) is 10.8. The summed E-state index contributed by atoms with van der Waals surface area (Å²) in [5, 5.41) is 21.9. The number of carbonyl (C=O) groups is 2. The molecule has 11 nitrogen and oxygen atoms in total. The predicted molar refractivity (Wildman–Crippen MR) is 314 cm³/mol. The van der Waals surface area contributed by atoms with Crippen molar-refractivity contribution in [1.29, 1.82) is 10.5 Å². The van der Waals surface area contributed by atoms with E-state index >= 15 is 0 Å². The van der Waals surface area contributed by atoms with Crippen LogP contribution in [0.3, 0.4) is 0 Å². The molecule has 8 aromatic rings. The van der Waals surface area contributed by atoms with Gasteiger partial charge in [-0.2, -0.15) is 10.5 Å². The van der Waals surface area contributed by atoms with E-state index in [4.69, 9.17) is 28.9 Å². The highest BCUT2D eigenvalue weighted by molar-refractivity contribution is 5.80. The zero-order chi connectivity index (χ0) is 55.7. The van der Waals surface area contributed by atoms with Gasteiger partial charge in [-0.05, 0) is 138 Å². The molecule has 1 N–H and O–H groups in total. The Balaban J connectivity index is 0.000000245.